The first-order chi connectivity index (χ1) is 9.63. The Morgan fingerprint density at radius 2 is 2.35 bits per heavy atom. The van der Waals surface area contributed by atoms with Crippen LogP contribution < -0.4 is 5.32 Å². The Morgan fingerprint density at radius 3 is 2.95 bits per heavy atom. The molecule has 0 unspecified atom stereocenters. The van der Waals surface area contributed by atoms with Gasteiger partial charge in [0.1, 0.15) is 0 Å². The second kappa shape index (κ2) is 8.73. The van der Waals surface area contributed by atoms with Crippen molar-refractivity contribution in [3.63, 3.8) is 0 Å². The number of nitrogens with zero attached hydrogens (tertiary/aromatic N) is 1. The van der Waals surface area contributed by atoms with Crippen LogP contribution >= 0.6 is 15.9 Å². The molecule has 0 saturated heterocycles. The number of anilines is 1. The zero-order chi connectivity index (χ0) is 15.0. The zero-order valence-electron chi connectivity index (χ0n) is 11.4. The van der Waals surface area contributed by atoms with E-state index in [2.05, 4.69) is 27.8 Å². The number of methoxy groups -OCH3 is 1. The second-order valence-electron chi connectivity index (χ2n) is 4.09. The minimum Gasteiger partial charge on any atom is -0.395 e. The summed E-state index contributed by atoms with van der Waals surface area (Å²) in [6.45, 7) is 4.53. The number of amides is 2. The van der Waals surface area contributed by atoms with Crippen LogP contribution in [0.3, 0.4) is 0 Å². The molecule has 0 aromatic heterocycles. The summed E-state index contributed by atoms with van der Waals surface area (Å²) in [4.78, 5) is 13.6. The largest absolute Gasteiger partial charge is 0.395 e. The molecule has 1 rings (SSSR count). The number of carbonyl (C=O) groups is 1. The van der Waals surface area contributed by atoms with Crippen molar-refractivity contribution in [1.29, 1.82) is 0 Å². The van der Waals surface area contributed by atoms with E-state index in [-0.39, 0.29) is 19.2 Å². The summed E-state index contributed by atoms with van der Waals surface area (Å²) in [5.74, 6) is 0. The Morgan fingerprint density at radius 1 is 1.60 bits per heavy atom. The first-order valence-corrected chi connectivity index (χ1v) is 6.97. The fourth-order valence-corrected chi connectivity index (χ4v) is 2.19. The Balaban J connectivity index is 2.88. The van der Waals surface area contributed by atoms with E-state index in [1.54, 1.807) is 13.2 Å². The van der Waals surface area contributed by atoms with Gasteiger partial charge in [0.2, 0.25) is 0 Å². The number of carbonyl (C=O) groups excluding carboxylic acids is 1. The van der Waals surface area contributed by atoms with Gasteiger partial charge in [-0.3, -0.25) is 0 Å². The van der Waals surface area contributed by atoms with E-state index < -0.39 is 0 Å². The maximum absolute atomic E-state index is 12.2. The summed E-state index contributed by atoms with van der Waals surface area (Å²) in [5.41, 5.74) is 1.55. The fourth-order valence-electron chi connectivity index (χ4n) is 1.71. The molecule has 0 heterocycles. The van der Waals surface area contributed by atoms with Crippen LogP contribution in [0.1, 0.15) is 5.56 Å². The van der Waals surface area contributed by atoms with E-state index in [4.69, 9.17) is 9.84 Å². The van der Waals surface area contributed by atoms with Crippen LogP contribution in [-0.2, 0) is 11.3 Å². The first-order valence-electron chi connectivity index (χ1n) is 6.18. The van der Waals surface area contributed by atoms with Crippen molar-refractivity contribution in [2.75, 3.05) is 32.1 Å². The molecule has 1 aromatic carbocycles. The molecule has 0 atom stereocenters. The summed E-state index contributed by atoms with van der Waals surface area (Å²) in [6, 6.07) is 5.25. The Labute approximate surface area is 127 Å². The predicted octanol–water partition coefficient (Wildman–Crippen LogP) is 2.61. The van der Waals surface area contributed by atoms with Crippen molar-refractivity contribution in [3.05, 3.63) is 40.9 Å². The van der Waals surface area contributed by atoms with E-state index in [1.165, 1.54) is 4.90 Å². The van der Waals surface area contributed by atoms with Crippen LogP contribution in [0, 0.1) is 0 Å². The molecule has 0 radical (unpaired) electrons. The minimum atomic E-state index is -0.283. The third kappa shape index (κ3) is 4.63. The van der Waals surface area contributed by atoms with Gasteiger partial charge in [-0.25, -0.2) is 4.79 Å². The van der Waals surface area contributed by atoms with Gasteiger partial charge in [-0.2, -0.15) is 0 Å². The molecule has 0 bridgehead atoms. The van der Waals surface area contributed by atoms with Crippen LogP contribution in [0.25, 0.3) is 0 Å². The number of halogens is 1. The second-order valence-corrected chi connectivity index (χ2v) is 4.94. The minimum absolute atomic E-state index is 0.0926. The van der Waals surface area contributed by atoms with Crippen molar-refractivity contribution < 1.29 is 14.6 Å². The summed E-state index contributed by atoms with van der Waals surface area (Å²) in [6.07, 6.45) is 1.62. The lowest BCUT2D eigenvalue weighted by Crippen LogP contribution is -2.37. The van der Waals surface area contributed by atoms with Crippen LogP contribution in [0.5, 0.6) is 0 Å². The highest BCUT2D eigenvalue weighted by Crippen LogP contribution is 2.25. The highest BCUT2D eigenvalue weighted by Gasteiger charge is 2.14. The van der Waals surface area contributed by atoms with Gasteiger partial charge in [0.15, 0.2) is 0 Å². The molecule has 0 spiro atoms. The van der Waals surface area contributed by atoms with Gasteiger partial charge in [0, 0.05) is 35.9 Å². The molecule has 2 N–H and O–H groups in total. The molecule has 1 aromatic rings. The number of urea groups is 1. The molecule has 110 valence electrons. The zero-order valence-corrected chi connectivity index (χ0v) is 13.0. The number of hydrogen-bond donors (Lipinski definition) is 2. The van der Waals surface area contributed by atoms with Crippen LogP contribution in [-0.4, -0.2) is 42.8 Å². The number of benzene rings is 1. The van der Waals surface area contributed by atoms with E-state index in [1.807, 2.05) is 18.2 Å². The number of nitrogens with one attached hydrogen (secondary N) is 1. The monoisotopic (exact) mass is 342 g/mol. The highest BCUT2D eigenvalue weighted by molar-refractivity contribution is 9.10. The topological polar surface area (TPSA) is 61.8 Å². The molecule has 6 heteroatoms. The number of aliphatic hydroxyl groups excluding tert-OH is 1. The molecule has 20 heavy (non-hydrogen) atoms. The van der Waals surface area contributed by atoms with Crippen molar-refractivity contribution in [2.45, 2.75) is 6.61 Å². The molecule has 0 saturated carbocycles. The van der Waals surface area contributed by atoms with Gasteiger partial charge >= 0.3 is 6.03 Å². The molecular formula is C14H19BrN2O3. The summed E-state index contributed by atoms with van der Waals surface area (Å²) >= 11 is 3.44. The van der Waals surface area contributed by atoms with Crippen molar-refractivity contribution in [2.24, 2.45) is 0 Å². The summed E-state index contributed by atoms with van der Waals surface area (Å²) in [5, 5.41) is 11.8. The smallest absolute Gasteiger partial charge is 0.322 e. The van der Waals surface area contributed by atoms with Gasteiger partial charge in [-0.1, -0.05) is 28.1 Å². The lowest BCUT2D eigenvalue weighted by atomic mass is 10.2. The van der Waals surface area contributed by atoms with Crippen LogP contribution in [0.15, 0.2) is 35.3 Å². The normalized spacial score (nSPS) is 10.2. The SMILES string of the molecule is C=CCN(CCO)C(=O)Nc1cccc(Br)c1COC. The average molecular weight is 343 g/mol. The molecule has 0 fully saturated rings. The van der Waals surface area contributed by atoms with E-state index in [0.717, 1.165) is 10.0 Å². The predicted molar refractivity (Wildman–Crippen MR) is 82.7 cm³/mol. The quantitative estimate of drug-likeness (QED) is 0.748. The summed E-state index contributed by atoms with van der Waals surface area (Å²) in [7, 11) is 1.60. The Hall–Kier alpha value is -1.37. The maximum Gasteiger partial charge on any atom is 0.322 e. The van der Waals surface area contributed by atoms with Crippen molar-refractivity contribution >= 4 is 27.6 Å². The molecule has 0 aliphatic heterocycles. The molecule has 2 amide bonds. The molecule has 0 aliphatic carbocycles. The Kier molecular flexibility index (Phi) is 7.28. The number of aliphatic hydroxyl groups is 1. The van der Waals surface area contributed by atoms with Crippen molar-refractivity contribution in [3.8, 4) is 0 Å². The number of hydrogen-bond acceptors (Lipinski definition) is 3. The lowest BCUT2D eigenvalue weighted by molar-refractivity contribution is 0.184. The summed E-state index contributed by atoms with van der Waals surface area (Å²) < 4.78 is 6.01. The molecule has 5 nitrogen and oxygen atoms in total. The average Bonchev–Trinajstić information content (AvgIpc) is 2.42. The lowest BCUT2D eigenvalue weighted by Gasteiger charge is -2.21. The Bertz CT molecular complexity index is 466. The first kappa shape index (κ1) is 16.7. The van der Waals surface area contributed by atoms with Gasteiger partial charge < -0.3 is 20.1 Å². The van der Waals surface area contributed by atoms with Crippen LogP contribution in [0.2, 0.25) is 0 Å². The van der Waals surface area contributed by atoms with Crippen molar-refractivity contribution in [1.82, 2.24) is 4.90 Å². The maximum atomic E-state index is 12.2. The van der Waals surface area contributed by atoms with Crippen LogP contribution in [0.4, 0.5) is 10.5 Å². The van der Waals surface area contributed by atoms with Gasteiger partial charge in [-0.15, -0.1) is 6.58 Å². The molecule has 0 aliphatic rings. The highest BCUT2D eigenvalue weighted by atomic mass is 79.9. The number of ether oxygens (including phenoxy) is 1. The standard InChI is InChI=1S/C14H19BrN2O3/c1-3-7-17(8-9-18)14(19)16-13-6-4-5-12(15)11(13)10-20-2/h3-6,18H,1,7-10H2,2H3,(H,16,19). The third-order valence-corrected chi connectivity index (χ3v) is 3.40. The van der Waals surface area contributed by atoms with E-state index >= 15 is 0 Å². The van der Waals surface area contributed by atoms with Gasteiger partial charge in [0.05, 0.1) is 13.2 Å². The van der Waals surface area contributed by atoms with Gasteiger partial charge in [0.25, 0.3) is 0 Å². The van der Waals surface area contributed by atoms with E-state index in [0.29, 0.717) is 18.8 Å². The number of rotatable bonds is 7. The van der Waals surface area contributed by atoms with Gasteiger partial charge in [-0.05, 0) is 12.1 Å². The van der Waals surface area contributed by atoms with E-state index in [9.17, 15) is 4.79 Å². The molecular weight excluding hydrogens is 324 g/mol. The third-order valence-electron chi connectivity index (χ3n) is 2.66. The fraction of sp³-hybridized carbons (Fsp3) is 0.357.